The third-order valence-electron chi connectivity index (χ3n) is 1.54. The van der Waals surface area contributed by atoms with Gasteiger partial charge in [-0.1, -0.05) is 6.07 Å². The Labute approximate surface area is 81.0 Å². The van der Waals surface area contributed by atoms with Crippen LogP contribution >= 0.6 is 11.8 Å². The molecule has 3 nitrogen and oxygen atoms in total. The normalized spacial score (nSPS) is 13.4. The van der Waals surface area contributed by atoms with Gasteiger partial charge in [0.25, 0.3) is 0 Å². The lowest BCUT2D eigenvalue weighted by Gasteiger charge is -1.95. The van der Waals surface area contributed by atoms with E-state index in [1.807, 2.05) is 18.3 Å². The highest BCUT2D eigenvalue weighted by Crippen LogP contribution is 2.19. The zero-order valence-corrected chi connectivity index (χ0v) is 7.71. The lowest BCUT2D eigenvalue weighted by atomic mass is 10.3. The first-order valence-electron chi connectivity index (χ1n) is 3.88. The van der Waals surface area contributed by atoms with Gasteiger partial charge in [-0.3, -0.25) is 4.98 Å². The Morgan fingerprint density at radius 2 is 2.54 bits per heavy atom. The number of nitrogens with one attached hydrogen (secondary N) is 1. The Morgan fingerprint density at radius 1 is 1.54 bits per heavy atom. The van der Waals surface area contributed by atoms with E-state index < -0.39 is 0 Å². The van der Waals surface area contributed by atoms with Crippen LogP contribution in [0.3, 0.4) is 0 Å². The molecule has 2 heterocycles. The summed E-state index contributed by atoms with van der Waals surface area (Å²) in [4.78, 5) is 4.04. The number of hydrazone groups is 1. The van der Waals surface area contributed by atoms with E-state index in [1.165, 1.54) is 5.56 Å². The highest BCUT2D eigenvalue weighted by Gasteiger charge is 2.11. The second-order valence-corrected chi connectivity index (χ2v) is 3.53. The molecule has 13 heavy (non-hydrogen) atoms. The van der Waals surface area contributed by atoms with Crippen molar-refractivity contribution in [2.75, 3.05) is 0 Å². The number of aromatic nitrogens is 1. The average Bonchev–Trinajstić information content (AvgIpc) is 2.69. The molecule has 0 fully saturated rings. The minimum atomic E-state index is 0.907. The van der Waals surface area contributed by atoms with Gasteiger partial charge < -0.3 is 0 Å². The predicted molar refractivity (Wildman–Crippen MR) is 54.2 cm³/mol. The third-order valence-corrected chi connectivity index (χ3v) is 2.54. The molecule has 0 spiro atoms. The van der Waals surface area contributed by atoms with Gasteiger partial charge in [-0.25, -0.2) is 0 Å². The van der Waals surface area contributed by atoms with Crippen LogP contribution in [0.5, 0.6) is 0 Å². The van der Waals surface area contributed by atoms with E-state index in [4.69, 9.17) is 0 Å². The van der Waals surface area contributed by atoms with Crippen LogP contribution in [0.15, 0.2) is 40.7 Å². The molecule has 1 N–H and O–H groups in total. The number of hydrogen-bond acceptors (Lipinski definition) is 4. The topological polar surface area (TPSA) is 37.3 Å². The van der Waals surface area contributed by atoms with Gasteiger partial charge in [0, 0.05) is 35.0 Å². The number of pyridine rings is 1. The fourth-order valence-electron chi connectivity index (χ4n) is 0.929. The maximum Gasteiger partial charge on any atom is 0.243 e. The zero-order chi connectivity index (χ0) is 8.93. The van der Waals surface area contributed by atoms with Crippen LogP contribution in [-0.4, -0.2) is 11.2 Å². The summed E-state index contributed by atoms with van der Waals surface area (Å²) in [6.45, 7) is 0. The van der Waals surface area contributed by atoms with Gasteiger partial charge in [0.1, 0.15) is 0 Å². The maximum atomic E-state index is 4.04. The van der Waals surface area contributed by atoms with Crippen molar-refractivity contribution in [3.63, 3.8) is 0 Å². The molecular weight excluding hydrogens is 182 g/mol. The fourth-order valence-corrected chi connectivity index (χ4v) is 1.67. The Kier molecular flexibility index (Phi) is 2.55. The summed E-state index contributed by atoms with van der Waals surface area (Å²) in [5, 5.41) is 4.78. The summed E-state index contributed by atoms with van der Waals surface area (Å²) in [6, 6.07) is 4.00. The molecular formula is C9H8N3S+. The molecule has 1 aliphatic heterocycles. The van der Waals surface area contributed by atoms with Gasteiger partial charge in [-0.05, 0) is 11.6 Å². The highest BCUT2D eigenvalue weighted by atomic mass is 32.2. The van der Waals surface area contributed by atoms with Gasteiger partial charge in [-0.15, -0.1) is 0 Å². The van der Waals surface area contributed by atoms with E-state index in [9.17, 15) is 0 Å². The minimum absolute atomic E-state index is 0.907. The van der Waals surface area contributed by atoms with Crippen molar-refractivity contribution >= 4 is 18.0 Å². The maximum absolute atomic E-state index is 4.04. The molecule has 1 aromatic heterocycles. The molecule has 0 unspecified atom stereocenters. The van der Waals surface area contributed by atoms with Crippen LogP contribution in [0.4, 0.5) is 0 Å². The molecule has 64 valence electrons. The van der Waals surface area contributed by atoms with Gasteiger partial charge in [-0.2, -0.15) is 5.43 Å². The molecule has 4 heteroatoms. The standard InChI is InChI=1S/C9H8N3S/c1-2-8(6-10-4-1)7-13-9-3-5-11-12-9/h1-4,6H,7H2,(H,11,12)/q+1. The average molecular weight is 190 g/mol. The minimum Gasteiger partial charge on any atom is -0.264 e. The van der Waals surface area contributed by atoms with Crippen molar-refractivity contribution in [3.8, 4) is 0 Å². The van der Waals surface area contributed by atoms with Crippen molar-refractivity contribution in [2.24, 2.45) is 5.10 Å². The van der Waals surface area contributed by atoms with E-state index >= 15 is 0 Å². The molecule has 0 atom stereocenters. The molecule has 0 bridgehead atoms. The van der Waals surface area contributed by atoms with Gasteiger partial charge in [0.05, 0.1) is 0 Å². The van der Waals surface area contributed by atoms with E-state index in [-0.39, 0.29) is 0 Å². The number of thioether (sulfide) groups is 1. The van der Waals surface area contributed by atoms with Gasteiger partial charge >= 0.3 is 0 Å². The SMILES string of the molecule is [C+]1=NNC(SCc2cccnc2)=C1. The van der Waals surface area contributed by atoms with Crippen molar-refractivity contribution in [1.29, 1.82) is 0 Å². The molecule has 0 amide bonds. The van der Waals surface area contributed by atoms with Crippen molar-refractivity contribution < 1.29 is 0 Å². The van der Waals surface area contributed by atoms with Crippen LogP contribution in [0.25, 0.3) is 0 Å². The number of allylic oxidation sites excluding steroid dienone is 1. The molecule has 1 aromatic rings. The molecule has 0 aromatic carbocycles. The van der Waals surface area contributed by atoms with Crippen LogP contribution in [0, 0.1) is 0 Å². The Morgan fingerprint density at radius 3 is 3.23 bits per heavy atom. The van der Waals surface area contributed by atoms with Crippen LogP contribution in [0.2, 0.25) is 0 Å². The summed E-state index contributed by atoms with van der Waals surface area (Å²) in [5.74, 6) is 0.907. The number of hydrogen-bond donors (Lipinski definition) is 1. The Hall–Kier alpha value is -1.38. The van der Waals surface area contributed by atoms with E-state index in [0.29, 0.717) is 0 Å². The summed E-state index contributed by atoms with van der Waals surface area (Å²) in [5.41, 5.74) is 4.05. The molecule has 0 saturated heterocycles. The third kappa shape index (κ3) is 2.28. The first-order chi connectivity index (χ1) is 6.45. The predicted octanol–water partition coefficient (Wildman–Crippen LogP) is 1.62. The van der Waals surface area contributed by atoms with Gasteiger partial charge in [0.15, 0.2) is 0 Å². The molecule has 0 aliphatic carbocycles. The van der Waals surface area contributed by atoms with Crippen molar-refractivity contribution in [2.45, 2.75) is 5.75 Å². The highest BCUT2D eigenvalue weighted by molar-refractivity contribution is 8.02. The fraction of sp³-hybridized carbons (Fsp3) is 0.111. The summed E-state index contributed by atoms with van der Waals surface area (Å²) in [6.07, 6.45) is 8.20. The van der Waals surface area contributed by atoms with Gasteiger partial charge in [0.2, 0.25) is 17.3 Å². The lowest BCUT2D eigenvalue weighted by Crippen LogP contribution is -1.96. The quantitative estimate of drug-likeness (QED) is 0.736. The van der Waals surface area contributed by atoms with Crippen LogP contribution in [0.1, 0.15) is 5.56 Å². The lowest BCUT2D eigenvalue weighted by molar-refractivity contribution is 0.980. The second-order valence-electron chi connectivity index (χ2n) is 2.51. The summed E-state index contributed by atoms with van der Waals surface area (Å²) >= 11 is 1.69. The first kappa shape index (κ1) is 8.23. The molecule has 0 radical (unpaired) electrons. The summed E-state index contributed by atoms with van der Waals surface area (Å²) in [7, 11) is 0. The van der Waals surface area contributed by atoms with Crippen molar-refractivity contribution in [1.82, 2.24) is 10.4 Å². The molecule has 1 aliphatic rings. The number of rotatable bonds is 3. The second kappa shape index (κ2) is 4.03. The van der Waals surface area contributed by atoms with E-state index in [2.05, 4.69) is 27.8 Å². The summed E-state index contributed by atoms with van der Waals surface area (Å²) < 4.78 is 0. The molecule has 2 rings (SSSR count). The first-order valence-corrected chi connectivity index (χ1v) is 4.87. The monoisotopic (exact) mass is 190 g/mol. The Bertz CT molecular complexity index is 332. The largest absolute Gasteiger partial charge is 0.264 e. The van der Waals surface area contributed by atoms with E-state index in [0.717, 1.165) is 10.8 Å². The zero-order valence-electron chi connectivity index (χ0n) is 6.90. The van der Waals surface area contributed by atoms with Crippen molar-refractivity contribution in [3.05, 3.63) is 41.2 Å². The van der Waals surface area contributed by atoms with Crippen LogP contribution < -0.4 is 5.43 Å². The number of nitrogens with zero attached hydrogens (tertiary/aromatic N) is 2. The van der Waals surface area contributed by atoms with E-state index in [1.54, 1.807) is 18.0 Å². The smallest absolute Gasteiger partial charge is 0.243 e. The Balaban J connectivity index is 1.87. The molecule has 0 saturated carbocycles. The van der Waals surface area contributed by atoms with Crippen LogP contribution in [-0.2, 0) is 5.75 Å².